The SMILES string of the molecule is C=C(C)CC(C)C(=O)NCC(OC)(OC)c1ccccc1. The summed E-state index contributed by atoms with van der Waals surface area (Å²) in [6, 6.07) is 9.57. The van der Waals surface area contributed by atoms with Crippen LogP contribution in [0.1, 0.15) is 25.8 Å². The summed E-state index contributed by atoms with van der Waals surface area (Å²) in [5.74, 6) is -1.13. The minimum absolute atomic E-state index is 0.0348. The van der Waals surface area contributed by atoms with Gasteiger partial charge >= 0.3 is 0 Å². The van der Waals surface area contributed by atoms with Crippen molar-refractivity contribution in [3.05, 3.63) is 48.0 Å². The van der Waals surface area contributed by atoms with Crippen molar-refractivity contribution in [1.29, 1.82) is 0 Å². The third kappa shape index (κ3) is 4.69. The van der Waals surface area contributed by atoms with Crippen LogP contribution >= 0.6 is 0 Å². The fraction of sp³-hybridized carbons (Fsp3) is 0.471. The molecule has 1 unspecified atom stereocenters. The van der Waals surface area contributed by atoms with E-state index in [1.165, 1.54) is 0 Å². The Balaban J connectivity index is 2.76. The Morgan fingerprint density at radius 2 is 1.86 bits per heavy atom. The predicted molar refractivity (Wildman–Crippen MR) is 83.7 cm³/mol. The summed E-state index contributed by atoms with van der Waals surface area (Å²) in [6.45, 7) is 7.89. The molecule has 21 heavy (non-hydrogen) atoms. The van der Waals surface area contributed by atoms with Gasteiger partial charge in [-0.3, -0.25) is 4.79 Å². The Morgan fingerprint density at radius 1 is 1.29 bits per heavy atom. The molecule has 1 rings (SSSR count). The molecule has 1 amide bonds. The summed E-state index contributed by atoms with van der Waals surface area (Å²) in [4.78, 5) is 12.1. The van der Waals surface area contributed by atoms with Crippen LogP contribution in [0.5, 0.6) is 0 Å². The molecule has 0 bridgehead atoms. The average molecular weight is 291 g/mol. The molecule has 0 radical (unpaired) electrons. The molecule has 4 heteroatoms. The summed E-state index contributed by atoms with van der Waals surface area (Å²) in [5, 5.41) is 2.90. The van der Waals surface area contributed by atoms with Gasteiger partial charge in [0.2, 0.25) is 11.7 Å². The van der Waals surface area contributed by atoms with Crippen molar-refractivity contribution in [3.63, 3.8) is 0 Å². The van der Waals surface area contributed by atoms with Gasteiger partial charge in [-0.05, 0) is 13.3 Å². The summed E-state index contributed by atoms with van der Waals surface area (Å²) in [5.41, 5.74) is 1.85. The van der Waals surface area contributed by atoms with Crippen molar-refractivity contribution in [2.24, 2.45) is 5.92 Å². The van der Waals surface area contributed by atoms with E-state index in [9.17, 15) is 4.79 Å². The summed E-state index contributed by atoms with van der Waals surface area (Å²) < 4.78 is 11.1. The number of methoxy groups -OCH3 is 2. The molecular formula is C17H25NO3. The molecule has 0 aliphatic rings. The van der Waals surface area contributed by atoms with Gasteiger partial charge in [0.1, 0.15) is 0 Å². The van der Waals surface area contributed by atoms with E-state index in [0.717, 1.165) is 11.1 Å². The topological polar surface area (TPSA) is 47.6 Å². The molecule has 1 atom stereocenters. The van der Waals surface area contributed by atoms with Gasteiger partial charge in [-0.1, -0.05) is 42.8 Å². The lowest BCUT2D eigenvalue weighted by molar-refractivity contribution is -0.212. The van der Waals surface area contributed by atoms with Crippen LogP contribution in [0.3, 0.4) is 0 Å². The van der Waals surface area contributed by atoms with E-state index in [1.807, 2.05) is 44.2 Å². The molecule has 0 aliphatic heterocycles. The second kappa shape index (κ2) is 7.96. The molecule has 0 heterocycles. The van der Waals surface area contributed by atoms with Crippen LogP contribution in [0.4, 0.5) is 0 Å². The minimum atomic E-state index is -0.972. The molecule has 0 spiro atoms. The lowest BCUT2D eigenvalue weighted by atomic mass is 10.0. The number of allylic oxidation sites excluding steroid dienone is 1. The van der Waals surface area contributed by atoms with Crippen molar-refractivity contribution in [2.45, 2.75) is 26.1 Å². The molecular weight excluding hydrogens is 266 g/mol. The van der Waals surface area contributed by atoms with Gasteiger partial charge in [-0.25, -0.2) is 0 Å². The number of rotatable bonds is 8. The first-order chi connectivity index (χ1) is 9.95. The van der Waals surface area contributed by atoms with Crippen LogP contribution in [-0.2, 0) is 20.1 Å². The van der Waals surface area contributed by atoms with E-state index in [-0.39, 0.29) is 18.4 Å². The number of carbonyl (C=O) groups is 1. The zero-order chi connectivity index (χ0) is 15.9. The number of ether oxygens (including phenoxy) is 2. The smallest absolute Gasteiger partial charge is 0.223 e. The zero-order valence-electron chi connectivity index (χ0n) is 13.3. The maximum absolute atomic E-state index is 12.1. The minimum Gasteiger partial charge on any atom is -0.350 e. The van der Waals surface area contributed by atoms with E-state index < -0.39 is 5.79 Å². The highest BCUT2D eigenvalue weighted by Crippen LogP contribution is 2.25. The molecule has 0 saturated heterocycles. The summed E-state index contributed by atoms with van der Waals surface area (Å²) in [6.07, 6.45) is 0.671. The molecule has 1 aromatic rings. The van der Waals surface area contributed by atoms with Crippen LogP contribution in [0.15, 0.2) is 42.5 Å². The van der Waals surface area contributed by atoms with Crippen LogP contribution < -0.4 is 5.32 Å². The molecule has 1 N–H and O–H groups in total. The van der Waals surface area contributed by atoms with Gasteiger partial charge in [-0.2, -0.15) is 0 Å². The zero-order valence-corrected chi connectivity index (χ0v) is 13.3. The first-order valence-electron chi connectivity index (χ1n) is 7.03. The van der Waals surface area contributed by atoms with Crippen molar-refractivity contribution >= 4 is 5.91 Å². The maximum atomic E-state index is 12.1. The van der Waals surface area contributed by atoms with Gasteiger partial charge in [0.15, 0.2) is 0 Å². The van der Waals surface area contributed by atoms with Crippen molar-refractivity contribution < 1.29 is 14.3 Å². The molecule has 116 valence electrons. The van der Waals surface area contributed by atoms with Crippen molar-refractivity contribution in [3.8, 4) is 0 Å². The molecule has 0 aliphatic carbocycles. The number of benzene rings is 1. The summed E-state index contributed by atoms with van der Waals surface area (Å²) >= 11 is 0. The Hall–Kier alpha value is -1.65. The average Bonchev–Trinajstić information content (AvgIpc) is 2.49. The molecule has 1 aromatic carbocycles. The third-order valence-electron chi connectivity index (χ3n) is 3.47. The van der Waals surface area contributed by atoms with E-state index >= 15 is 0 Å². The Labute approximate surface area is 127 Å². The fourth-order valence-corrected chi connectivity index (χ4v) is 2.25. The Bertz CT molecular complexity index is 466. The first-order valence-corrected chi connectivity index (χ1v) is 7.03. The van der Waals surface area contributed by atoms with Gasteiger partial charge in [0.25, 0.3) is 0 Å². The quantitative estimate of drug-likeness (QED) is 0.592. The van der Waals surface area contributed by atoms with Crippen LogP contribution in [0.25, 0.3) is 0 Å². The maximum Gasteiger partial charge on any atom is 0.223 e. The standard InChI is InChI=1S/C17H25NO3/c1-13(2)11-14(3)16(19)18-12-17(20-4,21-5)15-9-7-6-8-10-15/h6-10,14H,1,11-12H2,2-5H3,(H,18,19). The molecule has 0 fully saturated rings. The highest BCUT2D eigenvalue weighted by atomic mass is 16.7. The number of carbonyl (C=O) groups excluding carboxylic acids is 1. The van der Waals surface area contributed by atoms with Gasteiger partial charge < -0.3 is 14.8 Å². The summed E-state index contributed by atoms with van der Waals surface area (Å²) in [7, 11) is 3.14. The highest BCUT2D eigenvalue weighted by Gasteiger charge is 2.33. The monoisotopic (exact) mass is 291 g/mol. The van der Waals surface area contributed by atoms with E-state index in [2.05, 4.69) is 11.9 Å². The van der Waals surface area contributed by atoms with Gasteiger partial charge in [0, 0.05) is 25.7 Å². The Kier molecular flexibility index (Phi) is 6.59. The molecule has 0 saturated carbocycles. The molecule has 4 nitrogen and oxygen atoms in total. The van der Waals surface area contributed by atoms with E-state index in [0.29, 0.717) is 6.42 Å². The van der Waals surface area contributed by atoms with Gasteiger partial charge in [0.05, 0.1) is 6.54 Å². The predicted octanol–water partition coefficient (Wildman–Crippen LogP) is 2.85. The first kappa shape index (κ1) is 17.4. The number of hydrogen-bond acceptors (Lipinski definition) is 3. The second-order valence-electron chi connectivity index (χ2n) is 5.31. The number of nitrogens with one attached hydrogen (secondary N) is 1. The second-order valence-corrected chi connectivity index (χ2v) is 5.31. The van der Waals surface area contributed by atoms with Crippen LogP contribution in [-0.4, -0.2) is 26.7 Å². The third-order valence-corrected chi connectivity index (χ3v) is 3.47. The highest BCUT2D eigenvalue weighted by molar-refractivity contribution is 5.78. The Morgan fingerprint density at radius 3 is 2.33 bits per heavy atom. The van der Waals surface area contributed by atoms with Gasteiger partial charge in [-0.15, -0.1) is 6.58 Å². The fourth-order valence-electron chi connectivity index (χ4n) is 2.25. The molecule has 0 aromatic heterocycles. The number of amides is 1. The van der Waals surface area contributed by atoms with E-state index in [4.69, 9.17) is 9.47 Å². The van der Waals surface area contributed by atoms with E-state index in [1.54, 1.807) is 14.2 Å². The van der Waals surface area contributed by atoms with Crippen LogP contribution in [0.2, 0.25) is 0 Å². The largest absolute Gasteiger partial charge is 0.350 e. The van der Waals surface area contributed by atoms with Crippen molar-refractivity contribution in [2.75, 3.05) is 20.8 Å². The lowest BCUT2D eigenvalue weighted by Crippen LogP contribution is -2.45. The van der Waals surface area contributed by atoms with Crippen LogP contribution in [0, 0.1) is 5.92 Å². The lowest BCUT2D eigenvalue weighted by Gasteiger charge is -2.32. The normalized spacial score (nSPS) is 12.8. The number of hydrogen-bond donors (Lipinski definition) is 1. The van der Waals surface area contributed by atoms with Crippen molar-refractivity contribution in [1.82, 2.24) is 5.32 Å².